The number of fused-ring (bicyclic) bond motifs is 1. The van der Waals surface area contributed by atoms with Gasteiger partial charge in [0.25, 0.3) is 0 Å². The van der Waals surface area contributed by atoms with E-state index < -0.39 is 0 Å². The SMILES string of the molecule is Oc1cccc2c1CC(N1CCOCC1)CO2. The molecule has 0 saturated carbocycles. The van der Waals surface area contributed by atoms with Gasteiger partial charge in [0.1, 0.15) is 18.1 Å². The number of morpholine rings is 1. The van der Waals surface area contributed by atoms with Gasteiger partial charge in [0.2, 0.25) is 0 Å². The van der Waals surface area contributed by atoms with Crippen LogP contribution in [0, 0.1) is 0 Å². The van der Waals surface area contributed by atoms with Crippen LogP contribution in [0.3, 0.4) is 0 Å². The van der Waals surface area contributed by atoms with Crippen molar-refractivity contribution in [1.29, 1.82) is 0 Å². The number of phenolic OH excluding ortho intramolecular Hbond substituents is 1. The number of hydrogen-bond acceptors (Lipinski definition) is 4. The van der Waals surface area contributed by atoms with Crippen molar-refractivity contribution in [1.82, 2.24) is 4.90 Å². The van der Waals surface area contributed by atoms with Crippen LogP contribution < -0.4 is 4.74 Å². The molecular weight excluding hydrogens is 218 g/mol. The van der Waals surface area contributed by atoms with Gasteiger partial charge in [-0.2, -0.15) is 0 Å². The lowest BCUT2D eigenvalue weighted by Gasteiger charge is -2.37. The molecule has 4 heteroatoms. The summed E-state index contributed by atoms with van der Waals surface area (Å²) >= 11 is 0. The van der Waals surface area contributed by atoms with E-state index in [-0.39, 0.29) is 0 Å². The smallest absolute Gasteiger partial charge is 0.126 e. The first-order chi connectivity index (χ1) is 8.34. The molecule has 2 heterocycles. The maximum atomic E-state index is 9.85. The summed E-state index contributed by atoms with van der Waals surface area (Å²) in [7, 11) is 0. The summed E-state index contributed by atoms with van der Waals surface area (Å²) in [4.78, 5) is 2.39. The first kappa shape index (κ1) is 10.9. The molecule has 1 aromatic rings. The van der Waals surface area contributed by atoms with Gasteiger partial charge in [-0.15, -0.1) is 0 Å². The predicted octanol–water partition coefficient (Wildman–Crippen LogP) is 1.03. The number of benzene rings is 1. The Labute approximate surface area is 101 Å². The maximum Gasteiger partial charge on any atom is 0.126 e. The molecule has 1 N–H and O–H groups in total. The minimum absolute atomic E-state index is 0.348. The molecule has 2 aliphatic heterocycles. The average molecular weight is 235 g/mol. The third kappa shape index (κ3) is 2.10. The highest BCUT2D eigenvalue weighted by atomic mass is 16.5. The van der Waals surface area contributed by atoms with Crippen LogP contribution in [0.4, 0.5) is 0 Å². The van der Waals surface area contributed by atoms with Crippen LogP contribution in [0.5, 0.6) is 11.5 Å². The highest BCUT2D eigenvalue weighted by Gasteiger charge is 2.28. The van der Waals surface area contributed by atoms with Crippen LogP contribution in [0.15, 0.2) is 18.2 Å². The average Bonchev–Trinajstić information content (AvgIpc) is 2.40. The zero-order valence-corrected chi connectivity index (χ0v) is 9.76. The highest BCUT2D eigenvalue weighted by molar-refractivity contribution is 5.45. The molecule has 1 aromatic carbocycles. The fourth-order valence-electron chi connectivity index (χ4n) is 2.55. The first-order valence-corrected chi connectivity index (χ1v) is 6.10. The van der Waals surface area contributed by atoms with Gasteiger partial charge in [0, 0.05) is 24.7 Å². The molecule has 4 nitrogen and oxygen atoms in total. The molecule has 0 aliphatic carbocycles. The second-order valence-electron chi connectivity index (χ2n) is 4.57. The standard InChI is InChI=1S/C13H17NO3/c15-12-2-1-3-13-11(12)8-10(9-17-13)14-4-6-16-7-5-14/h1-3,10,15H,4-9H2. The van der Waals surface area contributed by atoms with Crippen molar-refractivity contribution in [3.05, 3.63) is 23.8 Å². The van der Waals surface area contributed by atoms with E-state index >= 15 is 0 Å². The van der Waals surface area contributed by atoms with E-state index in [4.69, 9.17) is 9.47 Å². The molecule has 0 aromatic heterocycles. The van der Waals surface area contributed by atoms with E-state index in [1.54, 1.807) is 6.07 Å². The van der Waals surface area contributed by atoms with Gasteiger partial charge in [0.05, 0.1) is 13.2 Å². The van der Waals surface area contributed by atoms with Gasteiger partial charge >= 0.3 is 0 Å². The van der Waals surface area contributed by atoms with Crippen LogP contribution in [0.25, 0.3) is 0 Å². The van der Waals surface area contributed by atoms with Crippen molar-refractivity contribution in [2.75, 3.05) is 32.9 Å². The van der Waals surface area contributed by atoms with Gasteiger partial charge in [0.15, 0.2) is 0 Å². The van der Waals surface area contributed by atoms with Crippen LogP contribution in [0.1, 0.15) is 5.56 Å². The van der Waals surface area contributed by atoms with Gasteiger partial charge in [-0.3, -0.25) is 4.90 Å². The largest absolute Gasteiger partial charge is 0.508 e. The van der Waals surface area contributed by atoms with Crippen LogP contribution in [0.2, 0.25) is 0 Å². The molecule has 1 atom stereocenters. The van der Waals surface area contributed by atoms with E-state index in [2.05, 4.69) is 4.90 Å². The van der Waals surface area contributed by atoms with E-state index in [0.29, 0.717) is 18.4 Å². The Hall–Kier alpha value is -1.26. The zero-order chi connectivity index (χ0) is 11.7. The summed E-state index contributed by atoms with van der Waals surface area (Å²) in [6.07, 6.45) is 0.863. The third-order valence-corrected chi connectivity index (χ3v) is 3.54. The molecule has 0 radical (unpaired) electrons. The molecule has 3 rings (SSSR count). The molecule has 0 amide bonds. The van der Waals surface area contributed by atoms with Gasteiger partial charge < -0.3 is 14.6 Å². The Morgan fingerprint density at radius 2 is 2.06 bits per heavy atom. The third-order valence-electron chi connectivity index (χ3n) is 3.54. The molecule has 92 valence electrons. The molecule has 0 bridgehead atoms. The lowest BCUT2D eigenvalue weighted by Crippen LogP contribution is -2.48. The molecule has 2 aliphatic rings. The fraction of sp³-hybridized carbons (Fsp3) is 0.538. The van der Waals surface area contributed by atoms with Crippen molar-refractivity contribution < 1.29 is 14.6 Å². The van der Waals surface area contributed by atoms with E-state index in [1.165, 1.54) is 0 Å². The number of nitrogens with zero attached hydrogens (tertiary/aromatic N) is 1. The van der Waals surface area contributed by atoms with Gasteiger partial charge in [-0.25, -0.2) is 0 Å². The fourth-order valence-corrected chi connectivity index (χ4v) is 2.55. The number of aromatic hydroxyl groups is 1. The Morgan fingerprint density at radius 1 is 1.24 bits per heavy atom. The number of hydrogen-bond donors (Lipinski definition) is 1. The van der Waals surface area contributed by atoms with Gasteiger partial charge in [-0.1, -0.05) is 6.07 Å². The topological polar surface area (TPSA) is 41.9 Å². The van der Waals surface area contributed by atoms with E-state index in [9.17, 15) is 5.11 Å². The quantitative estimate of drug-likeness (QED) is 0.789. The number of phenols is 1. The lowest BCUT2D eigenvalue weighted by molar-refractivity contribution is 0.00226. The minimum atomic E-state index is 0.348. The molecule has 1 saturated heterocycles. The second-order valence-corrected chi connectivity index (χ2v) is 4.57. The predicted molar refractivity (Wildman–Crippen MR) is 63.5 cm³/mol. The highest BCUT2D eigenvalue weighted by Crippen LogP contribution is 2.33. The number of ether oxygens (including phenoxy) is 2. The Kier molecular flexibility index (Phi) is 2.91. The lowest BCUT2D eigenvalue weighted by atomic mass is 10.0. The Balaban J connectivity index is 1.77. The molecule has 17 heavy (non-hydrogen) atoms. The Morgan fingerprint density at radius 3 is 2.88 bits per heavy atom. The van der Waals surface area contributed by atoms with Crippen molar-refractivity contribution in [3.63, 3.8) is 0 Å². The van der Waals surface area contributed by atoms with E-state index in [0.717, 1.165) is 44.0 Å². The zero-order valence-electron chi connectivity index (χ0n) is 9.76. The molecule has 1 fully saturated rings. The monoisotopic (exact) mass is 235 g/mol. The maximum absolute atomic E-state index is 9.85. The molecule has 0 spiro atoms. The summed E-state index contributed by atoms with van der Waals surface area (Å²) in [5, 5.41) is 9.85. The van der Waals surface area contributed by atoms with Crippen molar-refractivity contribution in [3.8, 4) is 11.5 Å². The van der Waals surface area contributed by atoms with Crippen molar-refractivity contribution in [2.45, 2.75) is 12.5 Å². The van der Waals surface area contributed by atoms with Crippen LogP contribution in [-0.4, -0.2) is 49.0 Å². The van der Waals surface area contributed by atoms with Crippen LogP contribution in [-0.2, 0) is 11.2 Å². The second kappa shape index (κ2) is 4.55. The summed E-state index contributed by atoms with van der Waals surface area (Å²) in [6.45, 7) is 4.21. The normalized spacial score (nSPS) is 25.1. The summed E-state index contributed by atoms with van der Waals surface area (Å²) in [5.41, 5.74) is 0.940. The summed E-state index contributed by atoms with van der Waals surface area (Å²) < 4.78 is 11.1. The van der Waals surface area contributed by atoms with E-state index in [1.807, 2.05) is 12.1 Å². The Bertz CT molecular complexity index is 402. The minimum Gasteiger partial charge on any atom is -0.508 e. The van der Waals surface area contributed by atoms with Crippen molar-refractivity contribution in [2.24, 2.45) is 0 Å². The molecular formula is C13H17NO3. The van der Waals surface area contributed by atoms with Gasteiger partial charge in [-0.05, 0) is 18.6 Å². The first-order valence-electron chi connectivity index (χ1n) is 6.10. The summed E-state index contributed by atoms with van der Waals surface area (Å²) in [5.74, 6) is 1.18. The molecule has 1 unspecified atom stereocenters. The van der Waals surface area contributed by atoms with Crippen molar-refractivity contribution >= 4 is 0 Å². The number of rotatable bonds is 1. The van der Waals surface area contributed by atoms with Crippen LogP contribution >= 0.6 is 0 Å². The summed E-state index contributed by atoms with van der Waals surface area (Å²) in [6, 6.07) is 5.83.